The second-order valence-electron chi connectivity index (χ2n) is 6.52. The fourth-order valence-corrected chi connectivity index (χ4v) is 3.55. The van der Waals surface area contributed by atoms with E-state index in [1.165, 1.54) is 12.1 Å². The van der Waals surface area contributed by atoms with Crippen molar-refractivity contribution >= 4 is 11.0 Å². The first-order valence-corrected chi connectivity index (χ1v) is 8.24. The number of benzene rings is 1. The molecule has 1 aromatic carbocycles. The van der Waals surface area contributed by atoms with Crippen molar-refractivity contribution in [3.8, 4) is 0 Å². The van der Waals surface area contributed by atoms with E-state index in [0.29, 0.717) is 18.0 Å². The van der Waals surface area contributed by atoms with Gasteiger partial charge in [0.2, 0.25) is 0 Å². The van der Waals surface area contributed by atoms with Crippen molar-refractivity contribution < 1.29 is 13.9 Å². The number of aliphatic hydroxyl groups is 1. The van der Waals surface area contributed by atoms with Crippen LogP contribution in [0.3, 0.4) is 0 Å². The van der Waals surface area contributed by atoms with E-state index in [9.17, 15) is 9.50 Å². The van der Waals surface area contributed by atoms with Gasteiger partial charge in [0.25, 0.3) is 0 Å². The van der Waals surface area contributed by atoms with Gasteiger partial charge in [0, 0.05) is 30.4 Å². The number of nitrogens with zero attached hydrogens (tertiary/aromatic N) is 2. The first-order chi connectivity index (χ1) is 11.7. The molecule has 0 spiro atoms. The lowest BCUT2D eigenvalue weighted by molar-refractivity contribution is 0.144. The van der Waals surface area contributed by atoms with Gasteiger partial charge in [-0.05, 0) is 49.1 Å². The Morgan fingerprint density at radius 1 is 1.33 bits per heavy atom. The minimum absolute atomic E-state index is 0.0375. The van der Waals surface area contributed by atoms with E-state index in [2.05, 4.69) is 10.4 Å². The molecule has 126 valence electrons. The highest BCUT2D eigenvalue weighted by Crippen LogP contribution is 2.28. The summed E-state index contributed by atoms with van der Waals surface area (Å²) >= 11 is 0. The highest BCUT2D eigenvalue weighted by molar-refractivity contribution is 5.77. The third-order valence-electron chi connectivity index (χ3n) is 4.70. The monoisotopic (exact) mass is 329 g/mol. The number of nitrogens with one attached hydrogen (secondary N) is 1. The van der Waals surface area contributed by atoms with Crippen molar-refractivity contribution in [1.82, 2.24) is 15.1 Å². The van der Waals surface area contributed by atoms with Gasteiger partial charge in [0.1, 0.15) is 17.2 Å². The van der Waals surface area contributed by atoms with Crippen molar-refractivity contribution in [3.05, 3.63) is 54.3 Å². The number of halogens is 1. The molecule has 2 aromatic heterocycles. The summed E-state index contributed by atoms with van der Waals surface area (Å²) in [5.41, 5.74) is 0.678. The molecule has 0 radical (unpaired) electrons. The number of aliphatic hydroxyl groups excluding tert-OH is 1. The van der Waals surface area contributed by atoms with Gasteiger partial charge in [0.05, 0.1) is 12.6 Å². The molecule has 1 aliphatic carbocycles. The molecule has 24 heavy (non-hydrogen) atoms. The normalized spacial score (nSPS) is 24.0. The molecule has 1 saturated carbocycles. The van der Waals surface area contributed by atoms with Gasteiger partial charge in [-0.15, -0.1) is 0 Å². The maximum Gasteiger partial charge on any atom is 0.134 e. The van der Waals surface area contributed by atoms with Crippen molar-refractivity contribution in [2.24, 2.45) is 5.92 Å². The van der Waals surface area contributed by atoms with Crippen molar-refractivity contribution in [2.75, 3.05) is 0 Å². The van der Waals surface area contributed by atoms with Crippen LogP contribution in [-0.4, -0.2) is 27.0 Å². The molecule has 1 unspecified atom stereocenters. The Morgan fingerprint density at radius 3 is 3.08 bits per heavy atom. The molecule has 0 aliphatic heterocycles. The van der Waals surface area contributed by atoms with Crippen molar-refractivity contribution in [3.63, 3.8) is 0 Å². The smallest absolute Gasteiger partial charge is 0.134 e. The fourth-order valence-electron chi connectivity index (χ4n) is 3.55. The lowest BCUT2D eigenvalue weighted by Gasteiger charge is -2.15. The molecule has 2 heterocycles. The van der Waals surface area contributed by atoms with E-state index in [1.807, 2.05) is 23.0 Å². The second-order valence-corrected chi connectivity index (χ2v) is 6.52. The summed E-state index contributed by atoms with van der Waals surface area (Å²) in [5, 5.41) is 18.6. The standard InChI is InChI=1S/C18H20FN3O2/c19-14-2-3-18-13(8-14)9-15(24-18)10-20-16-6-12(7-17(16)23)11-22-5-1-4-21-22/h1-5,8-9,12,16-17,20,23H,6-7,10-11H2/t12?,16-,17-/m1/s1. The zero-order valence-electron chi connectivity index (χ0n) is 13.2. The molecule has 0 amide bonds. The Morgan fingerprint density at radius 2 is 2.25 bits per heavy atom. The number of rotatable bonds is 5. The number of fused-ring (bicyclic) bond motifs is 1. The summed E-state index contributed by atoms with van der Waals surface area (Å²) in [6.07, 6.45) is 5.01. The quantitative estimate of drug-likeness (QED) is 0.755. The predicted octanol–water partition coefficient (Wildman–Crippen LogP) is 2.70. The average molecular weight is 329 g/mol. The Labute approximate surface area is 139 Å². The zero-order chi connectivity index (χ0) is 16.5. The minimum Gasteiger partial charge on any atom is -0.460 e. The SMILES string of the molecule is O[C@@H]1CC(Cn2cccn2)C[C@H]1NCc1cc2cc(F)ccc2o1. The van der Waals surface area contributed by atoms with Crippen LogP contribution in [0.4, 0.5) is 4.39 Å². The van der Waals surface area contributed by atoms with Crippen LogP contribution in [0.2, 0.25) is 0 Å². The average Bonchev–Trinajstić information content (AvgIpc) is 3.26. The fraction of sp³-hybridized carbons (Fsp3) is 0.389. The Hall–Kier alpha value is -2.18. The van der Waals surface area contributed by atoms with E-state index >= 15 is 0 Å². The lowest BCUT2D eigenvalue weighted by atomic mass is 10.1. The minimum atomic E-state index is -0.368. The second kappa shape index (κ2) is 6.37. The molecular formula is C18H20FN3O2. The highest BCUT2D eigenvalue weighted by atomic mass is 19.1. The summed E-state index contributed by atoms with van der Waals surface area (Å²) < 4.78 is 20.8. The number of aromatic nitrogens is 2. The van der Waals surface area contributed by atoms with Crippen molar-refractivity contribution in [2.45, 2.75) is 38.1 Å². The van der Waals surface area contributed by atoms with E-state index in [1.54, 1.807) is 12.3 Å². The molecule has 3 aromatic rings. The molecule has 1 fully saturated rings. The Kier molecular flexibility index (Phi) is 4.08. The zero-order valence-corrected chi connectivity index (χ0v) is 13.2. The number of hydrogen-bond acceptors (Lipinski definition) is 4. The summed E-state index contributed by atoms with van der Waals surface area (Å²) in [6, 6.07) is 8.28. The lowest BCUT2D eigenvalue weighted by Crippen LogP contribution is -2.35. The van der Waals surface area contributed by atoms with Gasteiger partial charge < -0.3 is 14.8 Å². The Balaban J connectivity index is 1.36. The van der Waals surface area contributed by atoms with Crippen LogP contribution in [0.25, 0.3) is 11.0 Å². The third kappa shape index (κ3) is 3.20. The predicted molar refractivity (Wildman–Crippen MR) is 87.8 cm³/mol. The van der Waals surface area contributed by atoms with E-state index < -0.39 is 0 Å². The van der Waals surface area contributed by atoms with Gasteiger partial charge in [0.15, 0.2) is 0 Å². The van der Waals surface area contributed by atoms with Gasteiger partial charge >= 0.3 is 0 Å². The molecule has 3 atom stereocenters. The maximum absolute atomic E-state index is 13.2. The molecule has 0 bridgehead atoms. The molecule has 2 N–H and O–H groups in total. The van der Waals surface area contributed by atoms with Crippen molar-refractivity contribution in [1.29, 1.82) is 0 Å². The first-order valence-electron chi connectivity index (χ1n) is 8.24. The van der Waals surface area contributed by atoms with Crippen LogP contribution >= 0.6 is 0 Å². The molecule has 6 heteroatoms. The maximum atomic E-state index is 13.2. The number of hydrogen-bond donors (Lipinski definition) is 2. The van der Waals surface area contributed by atoms with Crippen LogP contribution in [0.15, 0.2) is 47.1 Å². The topological polar surface area (TPSA) is 63.2 Å². The number of furan rings is 1. The largest absolute Gasteiger partial charge is 0.460 e. The van der Waals surface area contributed by atoms with Gasteiger partial charge in [-0.2, -0.15) is 5.10 Å². The van der Waals surface area contributed by atoms with Crippen LogP contribution in [-0.2, 0) is 13.1 Å². The summed E-state index contributed by atoms with van der Waals surface area (Å²) in [5.74, 6) is 0.885. The third-order valence-corrected chi connectivity index (χ3v) is 4.70. The van der Waals surface area contributed by atoms with E-state index in [4.69, 9.17) is 4.42 Å². The van der Waals surface area contributed by atoms with Gasteiger partial charge in [-0.3, -0.25) is 4.68 Å². The molecule has 0 saturated heterocycles. The van der Waals surface area contributed by atoms with Crippen LogP contribution in [0.1, 0.15) is 18.6 Å². The molecule has 1 aliphatic rings. The van der Waals surface area contributed by atoms with Crippen LogP contribution in [0.5, 0.6) is 0 Å². The summed E-state index contributed by atoms with van der Waals surface area (Å²) in [7, 11) is 0. The molecule has 4 rings (SSSR count). The highest BCUT2D eigenvalue weighted by Gasteiger charge is 2.32. The first kappa shape index (κ1) is 15.4. The Bertz CT molecular complexity index is 815. The van der Waals surface area contributed by atoms with Gasteiger partial charge in [-0.25, -0.2) is 4.39 Å². The summed E-state index contributed by atoms with van der Waals surface area (Å²) in [4.78, 5) is 0. The summed E-state index contributed by atoms with van der Waals surface area (Å²) in [6.45, 7) is 1.35. The van der Waals surface area contributed by atoms with Gasteiger partial charge in [-0.1, -0.05) is 0 Å². The van der Waals surface area contributed by atoms with E-state index in [0.717, 1.165) is 30.5 Å². The van der Waals surface area contributed by atoms with Crippen LogP contribution in [0, 0.1) is 11.7 Å². The van der Waals surface area contributed by atoms with Crippen LogP contribution < -0.4 is 5.32 Å². The molecular weight excluding hydrogens is 309 g/mol. The van der Waals surface area contributed by atoms with E-state index in [-0.39, 0.29) is 18.0 Å². The molecule has 5 nitrogen and oxygen atoms in total.